The van der Waals surface area contributed by atoms with Gasteiger partial charge in [-0.05, 0) is 36.8 Å². The molecule has 2 aromatic carbocycles. The molecule has 1 heterocycles. The third-order valence-electron chi connectivity index (χ3n) is 4.02. The molecule has 3 aromatic rings. The van der Waals surface area contributed by atoms with Crippen LogP contribution in [0.3, 0.4) is 0 Å². The number of nitrogens with zero attached hydrogens (tertiary/aromatic N) is 1. The number of aryl methyl sites for hydroxylation is 1. The zero-order valence-electron chi connectivity index (χ0n) is 14.7. The van der Waals surface area contributed by atoms with Gasteiger partial charge >= 0.3 is 5.97 Å². The molecule has 0 atom stereocenters. The van der Waals surface area contributed by atoms with Crippen LogP contribution in [0.25, 0.3) is 10.9 Å². The third kappa shape index (κ3) is 4.01. The van der Waals surface area contributed by atoms with Crippen LogP contribution < -0.4 is 5.32 Å². The quantitative estimate of drug-likeness (QED) is 0.519. The minimum Gasteiger partial charge on any atom is -0.507 e. The van der Waals surface area contributed by atoms with Gasteiger partial charge in [-0.1, -0.05) is 29.8 Å². The van der Waals surface area contributed by atoms with Crippen molar-refractivity contribution >= 4 is 40.1 Å². The van der Waals surface area contributed by atoms with Crippen molar-refractivity contribution in [1.29, 1.82) is 0 Å². The smallest absolute Gasteiger partial charge is 0.342 e. The molecule has 1 aromatic heterocycles. The molecular weight excluding hydrogens is 368 g/mol. The van der Waals surface area contributed by atoms with E-state index in [0.717, 1.165) is 16.5 Å². The van der Waals surface area contributed by atoms with Gasteiger partial charge < -0.3 is 15.2 Å². The largest absolute Gasteiger partial charge is 0.507 e. The number of phenolic OH excluding ortho intramolecular Hbond substituents is 1. The fourth-order valence-corrected chi connectivity index (χ4v) is 2.90. The van der Waals surface area contributed by atoms with Crippen LogP contribution in [0.5, 0.6) is 5.75 Å². The zero-order valence-corrected chi connectivity index (χ0v) is 15.5. The summed E-state index contributed by atoms with van der Waals surface area (Å²) in [5.41, 5.74) is 2.35. The normalized spacial score (nSPS) is 10.6. The Balaban J connectivity index is 1.83. The topological polar surface area (TPSA) is 88.5 Å². The Labute approximate surface area is 160 Å². The van der Waals surface area contributed by atoms with E-state index in [9.17, 15) is 14.7 Å². The number of rotatable bonds is 4. The van der Waals surface area contributed by atoms with Gasteiger partial charge in [0, 0.05) is 18.0 Å². The summed E-state index contributed by atoms with van der Waals surface area (Å²) in [6.07, 6.45) is 0. The van der Waals surface area contributed by atoms with Gasteiger partial charge in [0.15, 0.2) is 0 Å². The van der Waals surface area contributed by atoms with Crippen LogP contribution >= 0.6 is 11.6 Å². The lowest BCUT2D eigenvalue weighted by Crippen LogP contribution is -2.10. The molecule has 138 valence electrons. The summed E-state index contributed by atoms with van der Waals surface area (Å²) >= 11 is 6.36. The van der Waals surface area contributed by atoms with Gasteiger partial charge in [-0.2, -0.15) is 0 Å². The Morgan fingerprint density at radius 3 is 2.70 bits per heavy atom. The maximum absolute atomic E-state index is 12.4. The lowest BCUT2D eigenvalue weighted by molar-refractivity contribution is -0.114. The first-order valence-corrected chi connectivity index (χ1v) is 8.56. The Morgan fingerprint density at radius 1 is 1.22 bits per heavy atom. The highest BCUT2D eigenvalue weighted by atomic mass is 35.5. The van der Waals surface area contributed by atoms with Crippen LogP contribution in [-0.2, 0) is 16.1 Å². The molecule has 0 aliphatic carbocycles. The SMILES string of the molecule is CC(=O)Nc1ccc(O)c(C(=O)OCc2nc3ccccc3c(C)c2Cl)c1. The van der Waals surface area contributed by atoms with Crippen molar-refractivity contribution in [2.75, 3.05) is 5.32 Å². The first-order chi connectivity index (χ1) is 12.9. The minimum atomic E-state index is -0.747. The molecule has 0 fully saturated rings. The van der Waals surface area contributed by atoms with Gasteiger partial charge in [0.2, 0.25) is 5.91 Å². The van der Waals surface area contributed by atoms with Crippen molar-refractivity contribution in [2.24, 2.45) is 0 Å². The highest BCUT2D eigenvalue weighted by molar-refractivity contribution is 6.32. The summed E-state index contributed by atoms with van der Waals surface area (Å²) in [6.45, 7) is 3.08. The van der Waals surface area contributed by atoms with Crippen LogP contribution in [0.15, 0.2) is 42.5 Å². The molecule has 0 aliphatic rings. The third-order valence-corrected chi connectivity index (χ3v) is 4.52. The number of aromatic hydroxyl groups is 1. The fraction of sp³-hybridized carbons (Fsp3) is 0.150. The number of fused-ring (bicyclic) bond motifs is 1. The molecule has 0 saturated heterocycles. The van der Waals surface area contributed by atoms with Crippen LogP contribution in [0.4, 0.5) is 5.69 Å². The predicted molar refractivity (Wildman–Crippen MR) is 103 cm³/mol. The highest BCUT2D eigenvalue weighted by Gasteiger charge is 2.17. The van der Waals surface area contributed by atoms with E-state index in [1.165, 1.54) is 25.1 Å². The van der Waals surface area contributed by atoms with Gasteiger partial charge in [0.05, 0.1) is 16.2 Å². The second-order valence-corrected chi connectivity index (χ2v) is 6.38. The van der Waals surface area contributed by atoms with E-state index in [-0.39, 0.29) is 23.8 Å². The number of phenols is 1. The van der Waals surface area contributed by atoms with E-state index in [4.69, 9.17) is 16.3 Å². The molecule has 0 unspecified atom stereocenters. The molecule has 7 heteroatoms. The Bertz CT molecular complexity index is 1050. The number of hydrogen-bond acceptors (Lipinski definition) is 5. The van der Waals surface area contributed by atoms with E-state index < -0.39 is 5.97 Å². The van der Waals surface area contributed by atoms with Crippen molar-refractivity contribution in [2.45, 2.75) is 20.5 Å². The summed E-state index contributed by atoms with van der Waals surface area (Å²) < 4.78 is 5.28. The number of hydrogen-bond donors (Lipinski definition) is 2. The predicted octanol–water partition coefficient (Wildman–Crippen LogP) is 4.22. The number of ether oxygens (including phenoxy) is 1. The monoisotopic (exact) mass is 384 g/mol. The lowest BCUT2D eigenvalue weighted by atomic mass is 10.1. The number of aromatic nitrogens is 1. The standard InChI is InChI=1S/C20H17ClN2O4/c1-11-14-5-3-4-6-16(14)23-17(19(11)21)10-27-20(26)15-9-13(22-12(2)24)7-8-18(15)25/h3-9,25H,10H2,1-2H3,(H,22,24). The number of amides is 1. The molecule has 6 nitrogen and oxygen atoms in total. The summed E-state index contributed by atoms with van der Waals surface area (Å²) in [6, 6.07) is 11.7. The average molecular weight is 385 g/mol. The molecular formula is C20H17ClN2O4. The van der Waals surface area contributed by atoms with Gasteiger partial charge in [-0.15, -0.1) is 0 Å². The molecule has 0 radical (unpaired) electrons. The molecule has 2 N–H and O–H groups in total. The second-order valence-electron chi connectivity index (χ2n) is 6.00. The first-order valence-electron chi connectivity index (χ1n) is 8.18. The van der Waals surface area contributed by atoms with Crippen LogP contribution in [0, 0.1) is 6.92 Å². The Kier molecular flexibility index (Phi) is 5.28. The van der Waals surface area contributed by atoms with Crippen molar-refractivity contribution in [3.05, 3.63) is 64.3 Å². The number of anilines is 1. The molecule has 0 spiro atoms. The zero-order chi connectivity index (χ0) is 19.6. The molecule has 0 aliphatic heterocycles. The number of carbonyl (C=O) groups is 2. The second kappa shape index (κ2) is 7.63. The van der Waals surface area contributed by atoms with E-state index in [1.807, 2.05) is 31.2 Å². The first kappa shape index (κ1) is 18.7. The van der Waals surface area contributed by atoms with Crippen molar-refractivity contribution < 1.29 is 19.4 Å². The summed E-state index contributed by atoms with van der Waals surface area (Å²) in [4.78, 5) is 28.0. The maximum atomic E-state index is 12.4. The van der Waals surface area contributed by atoms with Crippen LogP contribution in [0.1, 0.15) is 28.5 Å². The van der Waals surface area contributed by atoms with Crippen molar-refractivity contribution in [1.82, 2.24) is 4.98 Å². The molecule has 27 heavy (non-hydrogen) atoms. The van der Waals surface area contributed by atoms with Gasteiger partial charge in [0.1, 0.15) is 17.9 Å². The van der Waals surface area contributed by atoms with Gasteiger partial charge in [-0.25, -0.2) is 9.78 Å². The number of para-hydroxylation sites is 1. The van der Waals surface area contributed by atoms with E-state index in [0.29, 0.717) is 16.4 Å². The fourth-order valence-electron chi connectivity index (χ4n) is 2.71. The maximum Gasteiger partial charge on any atom is 0.342 e. The van der Waals surface area contributed by atoms with Gasteiger partial charge in [-0.3, -0.25) is 4.79 Å². The van der Waals surface area contributed by atoms with E-state index in [2.05, 4.69) is 10.3 Å². The van der Waals surface area contributed by atoms with Gasteiger partial charge in [0.25, 0.3) is 0 Å². The molecule has 1 amide bonds. The average Bonchev–Trinajstić information content (AvgIpc) is 2.64. The number of benzene rings is 2. The molecule has 0 saturated carbocycles. The van der Waals surface area contributed by atoms with Crippen molar-refractivity contribution in [3.8, 4) is 5.75 Å². The van der Waals surface area contributed by atoms with Crippen molar-refractivity contribution in [3.63, 3.8) is 0 Å². The highest BCUT2D eigenvalue weighted by Crippen LogP contribution is 2.28. The number of pyridine rings is 1. The summed E-state index contributed by atoms with van der Waals surface area (Å²) in [5.74, 6) is -1.28. The summed E-state index contributed by atoms with van der Waals surface area (Å²) in [5, 5.41) is 13.8. The number of halogens is 1. The molecule has 3 rings (SSSR count). The van der Waals surface area contributed by atoms with E-state index >= 15 is 0 Å². The minimum absolute atomic E-state index is 0.0603. The Hall–Kier alpha value is -3.12. The number of nitrogens with one attached hydrogen (secondary N) is 1. The lowest BCUT2D eigenvalue weighted by Gasteiger charge is -2.12. The number of esters is 1. The summed E-state index contributed by atoms with van der Waals surface area (Å²) in [7, 11) is 0. The van der Waals surface area contributed by atoms with Crippen LogP contribution in [0.2, 0.25) is 5.02 Å². The van der Waals surface area contributed by atoms with Crippen LogP contribution in [-0.4, -0.2) is 22.0 Å². The Morgan fingerprint density at radius 2 is 1.96 bits per heavy atom. The molecule has 0 bridgehead atoms. The number of carbonyl (C=O) groups excluding carboxylic acids is 2. The van der Waals surface area contributed by atoms with E-state index in [1.54, 1.807) is 0 Å².